The van der Waals surface area contributed by atoms with E-state index in [0.29, 0.717) is 22.9 Å². The molecule has 1 atom stereocenters. The number of fused-ring (bicyclic) bond motifs is 1. The predicted molar refractivity (Wildman–Crippen MR) is 128 cm³/mol. The normalized spacial score (nSPS) is 17.9. The largest absolute Gasteiger partial charge is 0.325 e. The Morgan fingerprint density at radius 2 is 1.79 bits per heavy atom. The molecule has 172 valence electrons. The van der Waals surface area contributed by atoms with Crippen LogP contribution < -0.4 is 10.6 Å². The molecule has 0 saturated carbocycles. The lowest BCUT2D eigenvalue weighted by atomic mass is 9.93. The van der Waals surface area contributed by atoms with Crippen LogP contribution in [0.25, 0.3) is 16.2 Å². The molecule has 9 nitrogen and oxygen atoms in total. The molecule has 1 saturated heterocycles. The Bertz CT molecular complexity index is 1340. The van der Waals surface area contributed by atoms with Crippen molar-refractivity contribution in [2.24, 2.45) is 0 Å². The number of hydrogen-bond donors (Lipinski definition) is 2. The standard InChI is InChI=1S/C24H22N6O3S/c1-24(13-12-16-8-4-2-5-9-16)20(32)29(22(33)27-24)15-19(31)26-21-28-30-14-18(25-23(30)34-21)17-10-6-3-7-11-17/h2-11,14H,12-13,15H2,1H3,(H,27,33)(H,26,28,31). The summed E-state index contributed by atoms with van der Waals surface area (Å²) in [6, 6.07) is 18.9. The van der Waals surface area contributed by atoms with Crippen molar-refractivity contribution in [2.45, 2.75) is 25.3 Å². The average Bonchev–Trinajstić information content (AvgIpc) is 3.46. The van der Waals surface area contributed by atoms with Gasteiger partial charge in [0.15, 0.2) is 0 Å². The SMILES string of the molecule is CC1(CCc2ccccc2)NC(=O)N(CC(=O)Nc2nn3cc(-c4ccccc4)nc3s2)C1=O. The van der Waals surface area contributed by atoms with Gasteiger partial charge in [-0.3, -0.25) is 19.8 Å². The fourth-order valence-electron chi connectivity index (χ4n) is 3.90. The minimum absolute atomic E-state index is 0.339. The number of urea groups is 1. The number of hydrogen-bond acceptors (Lipinski definition) is 6. The van der Waals surface area contributed by atoms with Crippen LogP contribution in [0.3, 0.4) is 0 Å². The van der Waals surface area contributed by atoms with Gasteiger partial charge >= 0.3 is 6.03 Å². The molecule has 10 heteroatoms. The van der Waals surface area contributed by atoms with Crippen LogP contribution in [0.5, 0.6) is 0 Å². The molecule has 4 amide bonds. The van der Waals surface area contributed by atoms with E-state index in [-0.39, 0.29) is 6.54 Å². The van der Waals surface area contributed by atoms with Gasteiger partial charge < -0.3 is 5.32 Å². The second kappa shape index (κ2) is 8.71. The summed E-state index contributed by atoms with van der Waals surface area (Å²) in [7, 11) is 0. The van der Waals surface area contributed by atoms with Crippen LogP contribution >= 0.6 is 11.3 Å². The number of benzene rings is 2. The third-order valence-corrected chi connectivity index (χ3v) is 6.60. The molecule has 2 aromatic carbocycles. The van der Waals surface area contributed by atoms with E-state index in [1.807, 2.05) is 60.7 Å². The summed E-state index contributed by atoms with van der Waals surface area (Å²) in [5.41, 5.74) is 1.78. The van der Waals surface area contributed by atoms with E-state index in [2.05, 4.69) is 20.7 Å². The van der Waals surface area contributed by atoms with Crippen molar-refractivity contribution >= 4 is 39.3 Å². The first kappa shape index (κ1) is 21.8. The van der Waals surface area contributed by atoms with Gasteiger partial charge in [0.25, 0.3) is 5.91 Å². The second-order valence-corrected chi connectivity index (χ2v) is 9.27. The minimum atomic E-state index is -1.05. The van der Waals surface area contributed by atoms with E-state index in [9.17, 15) is 14.4 Å². The maximum atomic E-state index is 13.0. The van der Waals surface area contributed by atoms with Gasteiger partial charge in [-0.05, 0) is 25.3 Å². The molecule has 1 aliphatic heterocycles. The molecule has 34 heavy (non-hydrogen) atoms. The smallest absolute Gasteiger partial charge is 0.323 e. The van der Waals surface area contributed by atoms with Crippen LogP contribution in [0.15, 0.2) is 66.9 Å². The summed E-state index contributed by atoms with van der Waals surface area (Å²) in [5.74, 6) is -0.916. The van der Waals surface area contributed by atoms with E-state index in [0.717, 1.165) is 21.7 Å². The number of carbonyl (C=O) groups excluding carboxylic acids is 3. The number of nitrogens with one attached hydrogen (secondary N) is 2. The third kappa shape index (κ3) is 4.27. The number of imidazole rings is 1. The van der Waals surface area contributed by atoms with Gasteiger partial charge in [0.05, 0.1) is 11.9 Å². The number of aryl methyl sites for hydroxylation is 1. The highest BCUT2D eigenvalue weighted by Gasteiger charge is 2.47. The van der Waals surface area contributed by atoms with Crippen molar-refractivity contribution in [3.63, 3.8) is 0 Å². The van der Waals surface area contributed by atoms with Gasteiger partial charge in [-0.1, -0.05) is 72.0 Å². The first-order valence-electron chi connectivity index (χ1n) is 10.8. The fraction of sp³-hybridized carbons (Fsp3) is 0.208. The zero-order chi connectivity index (χ0) is 23.7. The lowest BCUT2D eigenvalue weighted by Crippen LogP contribution is -2.45. The molecule has 0 spiro atoms. The van der Waals surface area contributed by atoms with Crippen molar-refractivity contribution in [1.29, 1.82) is 0 Å². The van der Waals surface area contributed by atoms with E-state index >= 15 is 0 Å². The van der Waals surface area contributed by atoms with Gasteiger partial charge in [-0.25, -0.2) is 14.3 Å². The lowest BCUT2D eigenvalue weighted by Gasteiger charge is -2.21. The van der Waals surface area contributed by atoms with Crippen LogP contribution in [0.4, 0.5) is 9.93 Å². The number of imide groups is 1. The molecule has 2 aromatic heterocycles. The second-order valence-electron chi connectivity index (χ2n) is 8.31. The van der Waals surface area contributed by atoms with Crippen molar-refractivity contribution in [1.82, 2.24) is 24.8 Å². The van der Waals surface area contributed by atoms with E-state index in [1.54, 1.807) is 17.6 Å². The van der Waals surface area contributed by atoms with Crippen LogP contribution in [0.1, 0.15) is 18.9 Å². The van der Waals surface area contributed by atoms with Crippen molar-refractivity contribution in [2.75, 3.05) is 11.9 Å². The summed E-state index contributed by atoms with van der Waals surface area (Å²) in [6.07, 6.45) is 2.85. The molecule has 3 heterocycles. The highest BCUT2D eigenvalue weighted by Crippen LogP contribution is 2.25. The van der Waals surface area contributed by atoms with Crippen LogP contribution in [0, 0.1) is 0 Å². The molecular weight excluding hydrogens is 452 g/mol. The Morgan fingerprint density at radius 1 is 1.09 bits per heavy atom. The Balaban J connectivity index is 1.21. The Morgan fingerprint density at radius 3 is 2.50 bits per heavy atom. The summed E-state index contributed by atoms with van der Waals surface area (Å²) in [4.78, 5) is 44.1. The van der Waals surface area contributed by atoms with E-state index in [1.165, 1.54) is 11.3 Å². The number of aromatic nitrogens is 3. The topological polar surface area (TPSA) is 109 Å². The monoisotopic (exact) mass is 474 g/mol. The Hall–Kier alpha value is -4.05. The van der Waals surface area contributed by atoms with E-state index < -0.39 is 23.4 Å². The van der Waals surface area contributed by atoms with Gasteiger partial charge in [-0.15, -0.1) is 5.10 Å². The minimum Gasteiger partial charge on any atom is -0.323 e. The summed E-state index contributed by atoms with van der Waals surface area (Å²) < 4.78 is 1.59. The van der Waals surface area contributed by atoms with Crippen molar-refractivity contribution in [3.8, 4) is 11.3 Å². The molecule has 1 fully saturated rings. The molecule has 0 aliphatic carbocycles. The molecule has 2 N–H and O–H groups in total. The first-order valence-corrected chi connectivity index (χ1v) is 11.6. The molecule has 1 unspecified atom stereocenters. The number of nitrogens with zero attached hydrogens (tertiary/aromatic N) is 4. The Kier molecular flexibility index (Phi) is 5.58. The fourth-order valence-corrected chi connectivity index (χ4v) is 4.70. The van der Waals surface area contributed by atoms with E-state index in [4.69, 9.17) is 0 Å². The molecule has 5 rings (SSSR count). The molecule has 0 radical (unpaired) electrons. The number of anilines is 1. The van der Waals surface area contributed by atoms with Gasteiger partial charge in [-0.2, -0.15) is 0 Å². The van der Waals surface area contributed by atoms with Gasteiger partial charge in [0.2, 0.25) is 16.0 Å². The number of carbonyl (C=O) groups is 3. The molecule has 0 bridgehead atoms. The van der Waals surface area contributed by atoms with Crippen LogP contribution in [-0.4, -0.2) is 49.4 Å². The highest BCUT2D eigenvalue weighted by molar-refractivity contribution is 7.20. The maximum Gasteiger partial charge on any atom is 0.325 e. The lowest BCUT2D eigenvalue weighted by molar-refractivity contribution is -0.133. The maximum absolute atomic E-state index is 13.0. The Labute approximate surface area is 199 Å². The predicted octanol–water partition coefficient (Wildman–Crippen LogP) is 3.34. The van der Waals surface area contributed by atoms with Gasteiger partial charge in [0.1, 0.15) is 12.1 Å². The quantitative estimate of drug-likeness (QED) is 0.400. The number of amides is 4. The van der Waals surface area contributed by atoms with Crippen molar-refractivity contribution < 1.29 is 14.4 Å². The average molecular weight is 475 g/mol. The molecule has 1 aliphatic rings. The third-order valence-electron chi connectivity index (χ3n) is 5.76. The number of rotatable bonds is 7. The summed E-state index contributed by atoms with van der Waals surface area (Å²) >= 11 is 1.21. The molecule has 4 aromatic rings. The molecular formula is C24H22N6O3S. The van der Waals surface area contributed by atoms with Crippen LogP contribution in [-0.2, 0) is 16.0 Å². The highest BCUT2D eigenvalue weighted by atomic mass is 32.1. The van der Waals surface area contributed by atoms with Crippen molar-refractivity contribution in [3.05, 3.63) is 72.4 Å². The first-order chi connectivity index (χ1) is 16.4. The summed E-state index contributed by atoms with van der Waals surface area (Å²) in [6.45, 7) is 1.30. The zero-order valence-electron chi connectivity index (χ0n) is 18.4. The van der Waals surface area contributed by atoms with Crippen LogP contribution in [0.2, 0.25) is 0 Å². The van der Waals surface area contributed by atoms with Gasteiger partial charge in [0, 0.05) is 5.56 Å². The summed E-state index contributed by atoms with van der Waals surface area (Å²) in [5, 5.41) is 10.1. The zero-order valence-corrected chi connectivity index (χ0v) is 19.2.